The van der Waals surface area contributed by atoms with Crippen LogP contribution in [0.25, 0.3) is 77.2 Å². The third kappa shape index (κ3) is 7.15. The van der Waals surface area contributed by atoms with E-state index in [0.29, 0.717) is 0 Å². The number of anilines is 6. The molecule has 2 aliphatic heterocycles. The van der Waals surface area contributed by atoms with Gasteiger partial charge < -0.3 is 18.9 Å². The second-order valence-corrected chi connectivity index (χ2v) is 23.7. The van der Waals surface area contributed by atoms with Gasteiger partial charge in [-0.2, -0.15) is 0 Å². The highest BCUT2D eigenvalue weighted by atomic mass is 15.2. The van der Waals surface area contributed by atoms with E-state index in [1.54, 1.807) is 0 Å². The summed E-state index contributed by atoms with van der Waals surface area (Å²) in [4.78, 5) is 5.18. The number of hydrogen-bond donors (Lipinski definition) is 0. The quantitative estimate of drug-likeness (QED) is 0.154. The Morgan fingerprint density at radius 1 is 0.278 bits per heavy atom. The molecule has 0 atom stereocenters. The first-order chi connectivity index (χ1) is 38.5. The van der Waals surface area contributed by atoms with E-state index < -0.39 is 0 Å². The Morgan fingerprint density at radius 2 is 0.595 bits per heavy atom. The molecule has 0 amide bonds. The van der Waals surface area contributed by atoms with Crippen molar-refractivity contribution in [2.75, 3.05) is 9.80 Å². The highest BCUT2D eigenvalue weighted by Gasteiger charge is 2.45. The van der Waals surface area contributed by atoms with Gasteiger partial charge in [-0.3, -0.25) is 0 Å². The Hall–Kier alpha value is -9.32. The van der Waals surface area contributed by atoms with Gasteiger partial charge in [0.1, 0.15) is 0 Å². The zero-order valence-corrected chi connectivity index (χ0v) is 45.5. The minimum atomic E-state index is -0.132. The minimum absolute atomic E-state index is 0.131. The number of nitrogens with zero attached hydrogens (tertiary/aromatic N) is 4. The molecule has 13 aromatic rings. The summed E-state index contributed by atoms with van der Waals surface area (Å²) in [5.74, 6) is 0. The van der Waals surface area contributed by atoms with E-state index in [2.05, 4.69) is 309 Å². The molecule has 0 spiro atoms. The van der Waals surface area contributed by atoms with Gasteiger partial charge in [-0.15, -0.1) is 0 Å². The molecular formula is C74H59BN4. The lowest BCUT2D eigenvalue weighted by atomic mass is 9.33. The van der Waals surface area contributed by atoms with Crippen molar-refractivity contribution in [1.29, 1.82) is 0 Å². The second kappa shape index (κ2) is 17.6. The zero-order valence-electron chi connectivity index (χ0n) is 45.5. The predicted octanol–water partition coefficient (Wildman–Crippen LogP) is 17.9. The van der Waals surface area contributed by atoms with E-state index in [0.717, 1.165) is 11.4 Å². The third-order valence-corrected chi connectivity index (χ3v) is 17.0. The maximum atomic E-state index is 2.59. The SMILES string of the molecule is CC(C)(C)c1ccccc1N1c2ccc(-c3ccccc3-n3c4ccccc4c4ccccc43)cc2B2c3cc(-c4ccccc4-n4c5ccccc5c5ccccc54)ccc3N(c3ccccc3C(C)(C)C)c3cccc1c32. The molecule has 2 aromatic heterocycles. The normalized spacial score (nSPS) is 13.1. The molecule has 5 heteroatoms. The van der Waals surface area contributed by atoms with Crippen LogP contribution < -0.4 is 26.2 Å². The highest BCUT2D eigenvalue weighted by molar-refractivity contribution is 7.00. The molecule has 4 heterocycles. The summed E-state index contributed by atoms with van der Waals surface area (Å²) in [5.41, 5.74) is 25.2. The van der Waals surface area contributed by atoms with Crippen LogP contribution in [0.1, 0.15) is 52.7 Å². The first kappa shape index (κ1) is 46.9. The first-order valence-corrected chi connectivity index (χ1v) is 27.9. The van der Waals surface area contributed by atoms with Gasteiger partial charge in [-0.05, 0) is 122 Å². The van der Waals surface area contributed by atoms with Crippen molar-refractivity contribution >= 4 is 101 Å². The molecule has 0 bridgehead atoms. The Kier molecular flexibility index (Phi) is 10.5. The molecule has 2 aliphatic rings. The lowest BCUT2D eigenvalue weighted by Crippen LogP contribution is -2.61. The van der Waals surface area contributed by atoms with E-state index >= 15 is 0 Å². The molecular weight excluding hydrogens is 956 g/mol. The number of hydrogen-bond acceptors (Lipinski definition) is 2. The van der Waals surface area contributed by atoms with Crippen LogP contribution in [0, 0.1) is 0 Å². The van der Waals surface area contributed by atoms with Crippen LogP contribution in [0.2, 0.25) is 0 Å². The van der Waals surface area contributed by atoms with Crippen LogP contribution in [-0.2, 0) is 10.8 Å². The fourth-order valence-electron chi connectivity index (χ4n) is 13.6. The van der Waals surface area contributed by atoms with Gasteiger partial charge in [0.2, 0.25) is 0 Å². The minimum Gasteiger partial charge on any atom is -0.311 e. The molecule has 0 saturated carbocycles. The van der Waals surface area contributed by atoms with Crippen molar-refractivity contribution in [3.8, 4) is 33.6 Å². The smallest absolute Gasteiger partial charge is 0.252 e. The molecule has 4 nitrogen and oxygen atoms in total. The Labute approximate surface area is 463 Å². The average Bonchev–Trinajstić information content (AvgIpc) is 4.18. The van der Waals surface area contributed by atoms with E-state index in [1.807, 2.05) is 0 Å². The van der Waals surface area contributed by atoms with Crippen molar-refractivity contribution in [2.45, 2.75) is 52.4 Å². The second-order valence-electron chi connectivity index (χ2n) is 23.7. The fourth-order valence-corrected chi connectivity index (χ4v) is 13.6. The number of rotatable bonds is 6. The van der Waals surface area contributed by atoms with Crippen LogP contribution in [0.5, 0.6) is 0 Å². The predicted molar refractivity (Wildman–Crippen MR) is 337 cm³/mol. The van der Waals surface area contributed by atoms with Crippen molar-refractivity contribution in [3.05, 3.63) is 260 Å². The maximum absolute atomic E-state index is 2.59. The third-order valence-electron chi connectivity index (χ3n) is 17.0. The maximum Gasteiger partial charge on any atom is 0.252 e. The topological polar surface area (TPSA) is 16.3 Å². The molecule has 0 unspecified atom stereocenters. The molecule has 0 saturated heterocycles. The number of para-hydroxylation sites is 8. The molecule has 0 radical (unpaired) electrons. The van der Waals surface area contributed by atoms with Gasteiger partial charge in [0.05, 0.1) is 33.4 Å². The van der Waals surface area contributed by atoms with Crippen molar-refractivity contribution in [3.63, 3.8) is 0 Å². The van der Waals surface area contributed by atoms with Gasteiger partial charge in [-0.25, -0.2) is 0 Å². The van der Waals surface area contributed by atoms with Gasteiger partial charge in [0, 0.05) is 66.8 Å². The molecule has 0 N–H and O–H groups in total. The van der Waals surface area contributed by atoms with Crippen molar-refractivity contribution in [2.24, 2.45) is 0 Å². The van der Waals surface area contributed by atoms with Gasteiger partial charge in [0.25, 0.3) is 6.71 Å². The Balaban J connectivity index is 1.03. The largest absolute Gasteiger partial charge is 0.311 e. The van der Waals surface area contributed by atoms with Gasteiger partial charge in [-0.1, -0.05) is 217 Å². The molecule has 11 aromatic carbocycles. The van der Waals surface area contributed by atoms with Crippen molar-refractivity contribution in [1.82, 2.24) is 9.13 Å². The van der Waals surface area contributed by atoms with Crippen LogP contribution in [0.3, 0.4) is 0 Å². The van der Waals surface area contributed by atoms with Crippen LogP contribution >= 0.6 is 0 Å². The Bertz CT molecular complexity index is 4220. The molecule has 0 aliphatic carbocycles. The van der Waals surface area contributed by atoms with E-state index in [1.165, 1.54) is 128 Å². The summed E-state index contributed by atoms with van der Waals surface area (Å²) in [5, 5.41) is 5.01. The first-order valence-electron chi connectivity index (χ1n) is 27.9. The monoisotopic (exact) mass is 1010 g/mol. The molecule has 0 fully saturated rings. The standard InChI is InChI=1S/C74H59BN4/c1-73(2,3)56-30-13-21-38-66(56)78-68-44-42-48(50-24-7-15-32-60(50)76-62-34-17-9-26-52(62)53-27-10-18-35-63(53)76)46-58(68)75-59-47-49(51-25-8-16-33-61(51)77-64-36-19-11-28-54(64)55-29-12-20-37-65(55)77)43-45-69(59)79(71-41-23-40-70(78)72(71)75)67-39-22-14-31-57(67)74(4,5)6/h7-47H,1-6H3. The summed E-state index contributed by atoms with van der Waals surface area (Å²) in [7, 11) is 0. The lowest BCUT2D eigenvalue weighted by molar-refractivity contribution is 0.591. The van der Waals surface area contributed by atoms with E-state index in [-0.39, 0.29) is 17.5 Å². The summed E-state index contributed by atoms with van der Waals surface area (Å²) in [6.07, 6.45) is 0. The number of fused-ring (bicyclic) bond motifs is 10. The molecule has 15 rings (SSSR count). The molecule has 79 heavy (non-hydrogen) atoms. The van der Waals surface area contributed by atoms with Gasteiger partial charge in [0.15, 0.2) is 0 Å². The zero-order chi connectivity index (χ0) is 53.3. The fraction of sp³-hybridized carbons (Fsp3) is 0.108. The number of aromatic nitrogens is 2. The summed E-state index contributed by atoms with van der Waals surface area (Å²) >= 11 is 0. The van der Waals surface area contributed by atoms with Crippen molar-refractivity contribution < 1.29 is 0 Å². The van der Waals surface area contributed by atoms with Crippen LogP contribution in [0.15, 0.2) is 249 Å². The summed E-state index contributed by atoms with van der Waals surface area (Å²) in [6.45, 7) is 13.9. The van der Waals surface area contributed by atoms with Crippen LogP contribution in [-0.4, -0.2) is 15.8 Å². The number of benzene rings is 11. The average molecular weight is 1020 g/mol. The molecule has 378 valence electrons. The Morgan fingerprint density at radius 3 is 0.975 bits per heavy atom. The summed E-state index contributed by atoms with van der Waals surface area (Å²) in [6, 6.07) is 93.3. The highest BCUT2D eigenvalue weighted by Crippen LogP contribution is 2.49. The van der Waals surface area contributed by atoms with E-state index in [9.17, 15) is 0 Å². The van der Waals surface area contributed by atoms with Crippen LogP contribution in [0.4, 0.5) is 34.1 Å². The van der Waals surface area contributed by atoms with E-state index in [4.69, 9.17) is 0 Å². The van der Waals surface area contributed by atoms with Gasteiger partial charge >= 0.3 is 0 Å². The lowest BCUT2D eigenvalue weighted by Gasteiger charge is -2.45. The summed E-state index contributed by atoms with van der Waals surface area (Å²) < 4.78 is 4.94.